The van der Waals surface area contributed by atoms with E-state index >= 15 is 0 Å². The largest absolute Gasteiger partial charge is 0.316 e. The molecule has 2 nitrogen and oxygen atoms in total. The molecule has 3 heteroatoms. The monoisotopic (exact) mass is 284 g/mol. The maximum absolute atomic E-state index is 3.72. The van der Waals surface area contributed by atoms with Crippen LogP contribution in [0.15, 0.2) is 0 Å². The van der Waals surface area contributed by atoms with Crippen LogP contribution in [0.2, 0.25) is 0 Å². The first-order valence-corrected chi connectivity index (χ1v) is 9.40. The number of hydrogen-bond acceptors (Lipinski definition) is 3. The number of nitrogens with zero attached hydrogens (tertiary/aromatic N) is 1. The van der Waals surface area contributed by atoms with Crippen LogP contribution >= 0.6 is 11.8 Å². The third-order valence-corrected chi connectivity index (χ3v) is 5.87. The van der Waals surface area contributed by atoms with Crippen molar-refractivity contribution in [3.8, 4) is 0 Å². The molecule has 0 radical (unpaired) electrons. The van der Waals surface area contributed by atoms with E-state index in [0.29, 0.717) is 5.41 Å². The quantitative estimate of drug-likeness (QED) is 0.754. The molecule has 0 bridgehead atoms. The summed E-state index contributed by atoms with van der Waals surface area (Å²) in [6, 6.07) is 0. The second kappa shape index (κ2) is 7.90. The van der Waals surface area contributed by atoms with Gasteiger partial charge in [-0.15, -0.1) is 0 Å². The van der Waals surface area contributed by atoms with Crippen LogP contribution in [0.4, 0.5) is 0 Å². The number of thioether (sulfide) groups is 1. The van der Waals surface area contributed by atoms with Crippen LogP contribution < -0.4 is 5.32 Å². The molecule has 2 aliphatic rings. The highest BCUT2D eigenvalue weighted by Crippen LogP contribution is 2.39. The third kappa shape index (κ3) is 4.95. The van der Waals surface area contributed by atoms with Gasteiger partial charge in [0.05, 0.1) is 0 Å². The average molecular weight is 285 g/mol. The van der Waals surface area contributed by atoms with Gasteiger partial charge >= 0.3 is 0 Å². The van der Waals surface area contributed by atoms with Crippen LogP contribution in [-0.2, 0) is 0 Å². The summed E-state index contributed by atoms with van der Waals surface area (Å²) in [6.07, 6.45) is 7.02. The fraction of sp³-hybridized carbons (Fsp3) is 1.00. The molecular weight excluding hydrogens is 252 g/mol. The maximum atomic E-state index is 3.72. The molecule has 1 saturated heterocycles. The van der Waals surface area contributed by atoms with E-state index in [1.165, 1.54) is 76.3 Å². The van der Waals surface area contributed by atoms with Crippen molar-refractivity contribution in [3.05, 3.63) is 0 Å². The average Bonchev–Trinajstić information content (AvgIpc) is 2.44. The van der Waals surface area contributed by atoms with E-state index in [9.17, 15) is 0 Å². The third-order valence-electron chi connectivity index (χ3n) is 4.92. The van der Waals surface area contributed by atoms with E-state index in [1.807, 2.05) is 0 Å². The van der Waals surface area contributed by atoms with Crippen LogP contribution in [-0.4, -0.2) is 49.1 Å². The summed E-state index contributed by atoms with van der Waals surface area (Å²) < 4.78 is 0. The minimum absolute atomic E-state index is 0.573. The highest BCUT2D eigenvalue weighted by atomic mass is 32.2. The molecule has 1 saturated carbocycles. The van der Waals surface area contributed by atoms with Crippen LogP contribution in [0.1, 0.15) is 46.0 Å². The minimum Gasteiger partial charge on any atom is -0.316 e. The number of rotatable bonds is 6. The zero-order chi connectivity index (χ0) is 13.6. The fourth-order valence-electron chi connectivity index (χ4n) is 3.53. The Labute approximate surface area is 124 Å². The topological polar surface area (TPSA) is 15.3 Å². The molecule has 0 amide bonds. The van der Waals surface area contributed by atoms with Gasteiger partial charge in [-0.05, 0) is 37.1 Å². The lowest BCUT2D eigenvalue weighted by molar-refractivity contribution is 0.0915. The predicted octanol–water partition coefficient (Wildman–Crippen LogP) is 3.23. The van der Waals surface area contributed by atoms with Gasteiger partial charge < -0.3 is 10.2 Å². The molecule has 112 valence electrons. The van der Waals surface area contributed by atoms with E-state index in [1.54, 1.807) is 0 Å². The Morgan fingerprint density at radius 3 is 2.53 bits per heavy atom. The fourth-order valence-corrected chi connectivity index (χ4v) is 4.51. The lowest BCUT2D eigenvalue weighted by Crippen LogP contribution is -2.48. The zero-order valence-electron chi connectivity index (χ0n) is 12.9. The SMILES string of the molecule is CCCNCC1(CN2CCSCC2)CCC(C)CC1. The van der Waals surface area contributed by atoms with Crippen molar-refractivity contribution in [2.45, 2.75) is 46.0 Å². The molecule has 1 aliphatic carbocycles. The lowest BCUT2D eigenvalue weighted by Gasteiger charge is -2.44. The van der Waals surface area contributed by atoms with E-state index in [0.717, 1.165) is 5.92 Å². The molecule has 1 aliphatic heterocycles. The zero-order valence-corrected chi connectivity index (χ0v) is 13.7. The Hall–Kier alpha value is 0.270. The molecule has 0 aromatic carbocycles. The Morgan fingerprint density at radius 1 is 1.21 bits per heavy atom. The molecule has 19 heavy (non-hydrogen) atoms. The van der Waals surface area contributed by atoms with Crippen molar-refractivity contribution in [1.82, 2.24) is 10.2 Å². The second-order valence-electron chi connectivity index (χ2n) is 6.75. The Kier molecular flexibility index (Phi) is 6.51. The van der Waals surface area contributed by atoms with Gasteiger partial charge in [0.2, 0.25) is 0 Å². The molecular formula is C16H32N2S. The summed E-state index contributed by atoms with van der Waals surface area (Å²) in [7, 11) is 0. The standard InChI is InChI=1S/C16H32N2S/c1-3-8-17-13-16(6-4-15(2)5-7-16)14-18-9-11-19-12-10-18/h15,17H,3-14H2,1-2H3. The maximum Gasteiger partial charge on any atom is 0.00729 e. The van der Waals surface area contributed by atoms with E-state index in [2.05, 4.69) is 35.8 Å². The highest BCUT2D eigenvalue weighted by Gasteiger charge is 2.35. The molecule has 1 heterocycles. The smallest absolute Gasteiger partial charge is 0.00729 e. The Balaban J connectivity index is 1.88. The lowest BCUT2D eigenvalue weighted by atomic mass is 9.70. The first-order valence-electron chi connectivity index (χ1n) is 8.25. The van der Waals surface area contributed by atoms with Gasteiger partial charge in [0.25, 0.3) is 0 Å². The predicted molar refractivity (Wildman–Crippen MR) is 87.0 cm³/mol. The normalized spacial score (nSPS) is 33.5. The van der Waals surface area contributed by atoms with Crippen molar-refractivity contribution >= 4 is 11.8 Å². The van der Waals surface area contributed by atoms with Gasteiger partial charge in [0, 0.05) is 37.7 Å². The summed E-state index contributed by atoms with van der Waals surface area (Å²) in [4.78, 5) is 2.74. The molecule has 2 rings (SSSR count). The van der Waals surface area contributed by atoms with Crippen molar-refractivity contribution < 1.29 is 0 Å². The number of hydrogen-bond donors (Lipinski definition) is 1. The van der Waals surface area contributed by atoms with Gasteiger partial charge in [-0.25, -0.2) is 0 Å². The van der Waals surface area contributed by atoms with Crippen LogP contribution in [0, 0.1) is 11.3 Å². The molecule has 0 unspecified atom stereocenters. The highest BCUT2D eigenvalue weighted by molar-refractivity contribution is 7.99. The minimum atomic E-state index is 0.573. The summed E-state index contributed by atoms with van der Waals surface area (Å²) in [6.45, 7) is 11.1. The van der Waals surface area contributed by atoms with Crippen LogP contribution in [0.5, 0.6) is 0 Å². The van der Waals surface area contributed by atoms with E-state index < -0.39 is 0 Å². The molecule has 2 fully saturated rings. The van der Waals surface area contributed by atoms with Gasteiger partial charge in [-0.3, -0.25) is 0 Å². The van der Waals surface area contributed by atoms with Crippen LogP contribution in [0.25, 0.3) is 0 Å². The van der Waals surface area contributed by atoms with Gasteiger partial charge in [-0.2, -0.15) is 11.8 Å². The van der Waals surface area contributed by atoms with Gasteiger partial charge in [0.15, 0.2) is 0 Å². The molecule has 0 aromatic heterocycles. The second-order valence-corrected chi connectivity index (χ2v) is 7.97. The Morgan fingerprint density at radius 2 is 1.89 bits per heavy atom. The van der Waals surface area contributed by atoms with Gasteiger partial charge in [-0.1, -0.05) is 26.7 Å². The summed E-state index contributed by atoms with van der Waals surface area (Å²) >= 11 is 2.12. The van der Waals surface area contributed by atoms with Gasteiger partial charge in [0.1, 0.15) is 0 Å². The first kappa shape index (κ1) is 15.7. The van der Waals surface area contributed by atoms with Crippen molar-refractivity contribution in [2.75, 3.05) is 44.2 Å². The molecule has 1 N–H and O–H groups in total. The van der Waals surface area contributed by atoms with Crippen LogP contribution in [0.3, 0.4) is 0 Å². The van der Waals surface area contributed by atoms with E-state index in [-0.39, 0.29) is 0 Å². The molecule has 0 spiro atoms. The van der Waals surface area contributed by atoms with Crippen molar-refractivity contribution in [3.63, 3.8) is 0 Å². The molecule has 0 aromatic rings. The Bertz CT molecular complexity index is 243. The molecule has 0 atom stereocenters. The van der Waals surface area contributed by atoms with Crippen molar-refractivity contribution in [1.29, 1.82) is 0 Å². The summed E-state index contributed by atoms with van der Waals surface area (Å²) in [5.41, 5.74) is 0.573. The summed E-state index contributed by atoms with van der Waals surface area (Å²) in [5.74, 6) is 3.64. The summed E-state index contributed by atoms with van der Waals surface area (Å²) in [5, 5.41) is 3.72. The van der Waals surface area contributed by atoms with Crippen molar-refractivity contribution in [2.24, 2.45) is 11.3 Å². The van der Waals surface area contributed by atoms with E-state index in [4.69, 9.17) is 0 Å². The first-order chi connectivity index (χ1) is 9.24. The number of nitrogens with one attached hydrogen (secondary N) is 1.